The lowest BCUT2D eigenvalue weighted by Gasteiger charge is -2.13. The molecule has 1 amide bonds. The van der Waals surface area contributed by atoms with Crippen LogP contribution in [0, 0.1) is 0 Å². The van der Waals surface area contributed by atoms with E-state index in [1.54, 1.807) is 24.3 Å². The average Bonchev–Trinajstić information content (AvgIpc) is 2.71. The lowest BCUT2D eigenvalue weighted by Crippen LogP contribution is -2.30. The predicted molar refractivity (Wildman–Crippen MR) is 77.5 cm³/mol. The Labute approximate surface area is 124 Å². The standard InChI is InChI=1S/C14H15F2N3OS/c15-13(16)19-10-6-2-1-5-9(10)18-14(19)21-11-7-3-4-8-17-12(11)20/h1-2,5-6,11,13H,3-4,7-8H2,(H,17,20)/t11-/m1/s1. The summed E-state index contributed by atoms with van der Waals surface area (Å²) in [7, 11) is 0. The Hall–Kier alpha value is -1.63. The van der Waals surface area contributed by atoms with Gasteiger partial charge in [0.05, 0.1) is 16.3 Å². The van der Waals surface area contributed by atoms with Crippen molar-refractivity contribution < 1.29 is 13.6 Å². The molecule has 0 bridgehead atoms. The van der Waals surface area contributed by atoms with E-state index in [-0.39, 0.29) is 16.3 Å². The maximum atomic E-state index is 13.3. The normalized spacial score (nSPS) is 19.8. The van der Waals surface area contributed by atoms with Crippen LogP contribution in [0.3, 0.4) is 0 Å². The molecule has 1 atom stereocenters. The van der Waals surface area contributed by atoms with Gasteiger partial charge in [-0.15, -0.1) is 0 Å². The molecule has 0 aliphatic carbocycles. The highest BCUT2D eigenvalue weighted by molar-refractivity contribution is 8.00. The van der Waals surface area contributed by atoms with Gasteiger partial charge in [-0.25, -0.2) is 4.98 Å². The van der Waals surface area contributed by atoms with E-state index < -0.39 is 6.55 Å². The highest BCUT2D eigenvalue weighted by atomic mass is 32.2. The van der Waals surface area contributed by atoms with Gasteiger partial charge in [-0.1, -0.05) is 30.3 Å². The minimum Gasteiger partial charge on any atom is -0.355 e. The van der Waals surface area contributed by atoms with Gasteiger partial charge in [0, 0.05) is 6.54 Å². The third kappa shape index (κ3) is 2.88. The zero-order valence-electron chi connectivity index (χ0n) is 11.3. The van der Waals surface area contributed by atoms with E-state index in [1.807, 2.05) is 0 Å². The number of aromatic nitrogens is 2. The summed E-state index contributed by atoms with van der Waals surface area (Å²) in [5.41, 5.74) is 0.915. The van der Waals surface area contributed by atoms with Crippen LogP contribution in [0.5, 0.6) is 0 Å². The Morgan fingerprint density at radius 1 is 1.33 bits per heavy atom. The molecule has 2 aromatic rings. The number of carbonyl (C=O) groups excluding carboxylic acids is 1. The quantitative estimate of drug-likeness (QED) is 0.947. The van der Waals surface area contributed by atoms with Gasteiger partial charge in [-0.2, -0.15) is 8.78 Å². The van der Waals surface area contributed by atoms with Crippen LogP contribution in [0.4, 0.5) is 8.78 Å². The van der Waals surface area contributed by atoms with Crippen LogP contribution in [0.2, 0.25) is 0 Å². The molecule has 7 heteroatoms. The van der Waals surface area contributed by atoms with Crippen molar-refractivity contribution in [3.8, 4) is 0 Å². The number of alkyl halides is 2. The minimum absolute atomic E-state index is 0.0922. The Morgan fingerprint density at radius 3 is 2.95 bits per heavy atom. The lowest BCUT2D eigenvalue weighted by molar-refractivity contribution is -0.120. The fraction of sp³-hybridized carbons (Fsp3) is 0.429. The summed E-state index contributed by atoms with van der Waals surface area (Å²) in [5, 5.41) is 2.66. The molecule has 0 saturated carbocycles. The molecular weight excluding hydrogens is 296 g/mol. The van der Waals surface area contributed by atoms with E-state index in [9.17, 15) is 13.6 Å². The van der Waals surface area contributed by atoms with E-state index in [2.05, 4.69) is 10.3 Å². The average molecular weight is 311 g/mol. The number of benzene rings is 1. The molecule has 1 aliphatic heterocycles. The molecule has 112 valence electrons. The topological polar surface area (TPSA) is 46.9 Å². The number of amides is 1. The maximum absolute atomic E-state index is 13.3. The fourth-order valence-corrected chi connectivity index (χ4v) is 3.62. The molecule has 0 radical (unpaired) electrons. The summed E-state index contributed by atoms with van der Waals surface area (Å²) in [6, 6.07) is 6.78. The van der Waals surface area contributed by atoms with Gasteiger partial charge in [0.25, 0.3) is 0 Å². The fourth-order valence-electron chi connectivity index (χ4n) is 2.45. The second kappa shape index (κ2) is 6.01. The second-order valence-corrected chi connectivity index (χ2v) is 6.09. The van der Waals surface area contributed by atoms with Crippen molar-refractivity contribution in [3.05, 3.63) is 24.3 Å². The predicted octanol–water partition coefficient (Wildman–Crippen LogP) is 3.19. The zero-order chi connectivity index (χ0) is 14.8. The van der Waals surface area contributed by atoms with E-state index in [4.69, 9.17) is 0 Å². The van der Waals surface area contributed by atoms with Gasteiger partial charge in [0.1, 0.15) is 0 Å². The third-order valence-electron chi connectivity index (χ3n) is 3.49. The van der Waals surface area contributed by atoms with Gasteiger partial charge in [-0.3, -0.25) is 9.36 Å². The summed E-state index contributed by atoms with van der Waals surface area (Å²) in [6.07, 6.45) is 2.52. The highest BCUT2D eigenvalue weighted by Gasteiger charge is 2.26. The largest absolute Gasteiger partial charge is 0.355 e. The van der Waals surface area contributed by atoms with Crippen LogP contribution in [-0.2, 0) is 4.79 Å². The first-order chi connectivity index (χ1) is 10.2. The molecule has 4 nitrogen and oxygen atoms in total. The van der Waals surface area contributed by atoms with Crippen LogP contribution >= 0.6 is 11.8 Å². The molecule has 1 aliphatic rings. The molecule has 0 spiro atoms. The molecule has 2 heterocycles. The van der Waals surface area contributed by atoms with Crippen LogP contribution in [-0.4, -0.2) is 27.3 Å². The number of rotatable bonds is 3. The number of thioether (sulfide) groups is 1. The number of hydrogen-bond acceptors (Lipinski definition) is 3. The Morgan fingerprint density at radius 2 is 2.14 bits per heavy atom. The van der Waals surface area contributed by atoms with Crippen molar-refractivity contribution in [2.45, 2.75) is 36.2 Å². The number of imidazole rings is 1. The molecule has 1 saturated heterocycles. The van der Waals surface area contributed by atoms with Crippen LogP contribution in [0.15, 0.2) is 29.4 Å². The minimum atomic E-state index is -2.67. The molecule has 1 aromatic carbocycles. The van der Waals surface area contributed by atoms with Crippen molar-refractivity contribution in [3.63, 3.8) is 0 Å². The summed E-state index contributed by atoms with van der Waals surface area (Å²) in [4.78, 5) is 16.2. The lowest BCUT2D eigenvalue weighted by atomic mass is 10.2. The van der Waals surface area contributed by atoms with E-state index >= 15 is 0 Å². The SMILES string of the molecule is O=C1NCCCC[C@H]1Sc1nc2ccccc2n1C(F)F. The van der Waals surface area contributed by atoms with Crippen molar-refractivity contribution in [2.75, 3.05) is 6.54 Å². The van der Waals surface area contributed by atoms with Crippen molar-refractivity contribution >= 4 is 28.7 Å². The number of fused-ring (bicyclic) bond motifs is 1. The van der Waals surface area contributed by atoms with Crippen molar-refractivity contribution in [1.82, 2.24) is 14.9 Å². The third-order valence-corrected chi connectivity index (χ3v) is 4.72. The number of para-hydroxylation sites is 2. The van der Waals surface area contributed by atoms with Gasteiger partial charge in [-0.05, 0) is 25.0 Å². The number of carbonyl (C=O) groups is 1. The first-order valence-corrected chi connectivity index (χ1v) is 7.74. The Balaban J connectivity index is 1.95. The summed E-state index contributed by atoms with van der Waals surface area (Å²) in [6.45, 7) is -2.02. The van der Waals surface area contributed by atoms with E-state index in [0.717, 1.165) is 29.2 Å². The monoisotopic (exact) mass is 311 g/mol. The number of hydrogen-bond donors (Lipinski definition) is 1. The molecule has 1 aromatic heterocycles. The van der Waals surface area contributed by atoms with Gasteiger partial charge in [0.2, 0.25) is 5.91 Å². The Bertz CT molecular complexity index is 659. The summed E-state index contributed by atoms with van der Waals surface area (Å²) >= 11 is 1.13. The second-order valence-electron chi connectivity index (χ2n) is 4.92. The van der Waals surface area contributed by atoms with Gasteiger partial charge in [0.15, 0.2) is 5.16 Å². The summed E-state index contributed by atoms with van der Waals surface area (Å²) in [5.74, 6) is -0.0922. The zero-order valence-corrected chi connectivity index (χ0v) is 12.1. The van der Waals surface area contributed by atoms with Gasteiger partial charge < -0.3 is 5.32 Å². The number of halogens is 2. The van der Waals surface area contributed by atoms with Crippen LogP contribution in [0.25, 0.3) is 11.0 Å². The van der Waals surface area contributed by atoms with Crippen molar-refractivity contribution in [1.29, 1.82) is 0 Å². The molecule has 21 heavy (non-hydrogen) atoms. The van der Waals surface area contributed by atoms with E-state index in [0.29, 0.717) is 24.0 Å². The number of nitrogens with one attached hydrogen (secondary N) is 1. The molecule has 1 N–H and O–H groups in total. The van der Waals surface area contributed by atoms with E-state index in [1.165, 1.54) is 0 Å². The molecule has 1 fully saturated rings. The first-order valence-electron chi connectivity index (χ1n) is 6.86. The number of nitrogens with zero attached hydrogens (tertiary/aromatic N) is 2. The molecular formula is C14H15F2N3OS. The van der Waals surface area contributed by atoms with Crippen LogP contribution < -0.4 is 5.32 Å². The summed E-state index contributed by atoms with van der Waals surface area (Å²) < 4.78 is 27.6. The smallest absolute Gasteiger partial charge is 0.321 e. The molecule has 0 unspecified atom stereocenters. The van der Waals surface area contributed by atoms with Crippen LogP contribution in [0.1, 0.15) is 25.8 Å². The maximum Gasteiger partial charge on any atom is 0.321 e. The first kappa shape index (κ1) is 14.3. The van der Waals surface area contributed by atoms with Crippen molar-refractivity contribution in [2.24, 2.45) is 0 Å². The van der Waals surface area contributed by atoms with Gasteiger partial charge >= 0.3 is 6.55 Å². The molecule has 3 rings (SSSR count). The Kier molecular flexibility index (Phi) is 4.10. The highest BCUT2D eigenvalue weighted by Crippen LogP contribution is 2.33.